The zero-order valence-electron chi connectivity index (χ0n) is 14.0. The molecule has 0 aromatic heterocycles. The minimum Gasteiger partial charge on any atom is -0.381 e. The second-order valence-corrected chi connectivity index (χ2v) is 7.14. The third-order valence-electron chi connectivity index (χ3n) is 4.54. The quantitative estimate of drug-likeness (QED) is 0.763. The van der Waals surface area contributed by atoms with Crippen LogP contribution in [0.15, 0.2) is 46.9 Å². The summed E-state index contributed by atoms with van der Waals surface area (Å²) in [6.45, 7) is 1.10. The maximum atomic E-state index is 13.9. The maximum absolute atomic E-state index is 13.9. The Labute approximate surface area is 159 Å². The van der Waals surface area contributed by atoms with E-state index in [0.717, 1.165) is 5.56 Å². The summed E-state index contributed by atoms with van der Waals surface area (Å²) >= 11 is 3.18. The fraction of sp³-hybridized carbons (Fsp3) is 0.316. The van der Waals surface area contributed by atoms with Crippen LogP contribution < -0.4 is 10.6 Å². The number of benzene rings is 2. The normalized spacial score (nSPS) is 16.3. The van der Waals surface area contributed by atoms with Crippen molar-refractivity contribution in [1.82, 2.24) is 5.32 Å². The lowest BCUT2D eigenvalue weighted by atomic mass is 9.82. The van der Waals surface area contributed by atoms with Gasteiger partial charge in [-0.05, 0) is 48.7 Å². The second kappa shape index (κ2) is 8.24. The molecule has 1 fully saturated rings. The fourth-order valence-electron chi connectivity index (χ4n) is 3.09. The molecular formula is C19H19BrF2N2O2. The van der Waals surface area contributed by atoms with Gasteiger partial charge < -0.3 is 10.1 Å². The number of carbonyl (C=O) groups is 1. The molecule has 0 unspecified atom stereocenters. The van der Waals surface area contributed by atoms with Gasteiger partial charge in [0.1, 0.15) is 11.6 Å². The number of ether oxygens (including phenoxy) is 1. The highest BCUT2D eigenvalue weighted by atomic mass is 79.9. The van der Waals surface area contributed by atoms with Gasteiger partial charge in [0.15, 0.2) is 0 Å². The first-order valence-corrected chi connectivity index (χ1v) is 9.12. The van der Waals surface area contributed by atoms with Crippen LogP contribution in [-0.2, 0) is 15.1 Å². The zero-order valence-corrected chi connectivity index (χ0v) is 15.6. The SMILES string of the molecule is O=C(CNC1(c2ccc(F)cc2)CCOCC1)Nc1ccc(Br)cc1F. The standard InChI is InChI=1S/C19H19BrF2N2O2/c20-14-3-6-17(16(22)11-14)24-18(25)12-23-19(7-9-26-10-8-19)13-1-4-15(21)5-2-13/h1-6,11,23H,7-10,12H2,(H,24,25). The van der Waals surface area contributed by atoms with Crippen molar-refractivity contribution in [3.05, 3.63) is 64.1 Å². The Kier molecular flexibility index (Phi) is 6.01. The van der Waals surface area contributed by atoms with Crippen molar-refractivity contribution in [2.24, 2.45) is 0 Å². The summed E-state index contributed by atoms with van der Waals surface area (Å²) < 4.78 is 33.2. The molecule has 0 atom stereocenters. The maximum Gasteiger partial charge on any atom is 0.238 e. The van der Waals surface area contributed by atoms with Gasteiger partial charge in [-0.25, -0.2) is 8.78 Å². The summed E-state index contributed by atoms with van der Waals surface area (Å²) in [6, 6.07) is 10.7. The van der Waals surface area contributed by atoms with Crippen molar-refractivity contribution in [3.63, 3.8) is 0 Å². The molecule has 1 saturated heterocycles. The van der Waals surface area contributed by atoms with E-state index in [1.807, 2.05) is 0 Å². The monoisotopic (exact) mass is 424 g/mol. The van der Waals surface area contributed by atoms with Gasteiger partial charge in [-0.1, -0.05) is 28.1 Å². The molecule has 0 spiro atoms. The average Bonchev–Trinajstić information content (AvgIpc) is 2.64. The third-order valence-corrected chi connectivity index (χ3v) is 5.03. The van der Waals surface area contributed by atoms with Gasteiger partial charge in [0.05, 0.1) is 12.2 Å². The van der Waals surface area contributed by atoms with E-state index in [1.54, 1.807) is 18.2 Å². The highest BCUT2D eigenvalue weighted by molar-refractivity contribution is 9.10. The van der Waals surface area contributed by atoms with Crippen molar-refractivity contribution >= 4 is 27.5 Å². The summed E-state index contributed by atoms with van der Waals surface area (Å²) in [7, 11) is 0. The lowest BCUT2D eigenvalue weighted by Crippen LogP contribution is -2.49. The van der Waals surface area contributed by atoms with Gasteiger partial charge in [0, 0.05) is 23.2 Å². The molecule has 0 bridgehead atoms. The molecule has 2 aromatic carbocycles. The first kappa shape index (κ1) is 18.9. The second-order valence-electron chi connectivity index (χ2n) is 6.23. The minimum absolute atomic E-state index is 0.00683. The van der Waals surface area contributed by atoms with Gasteiger partial charge in [0.2, 0.25) is 5.91 Å². The third kappa shape index (κ3) is 4.47. The summed E-state index contributed by atoms with van der Waals surface area (Å²) in [5, 5.41) is 5.84. The predicted molar refractivity (Wildman–Crippen MR) is 98.9 cm³/mol. The van der Waals surface area contributed by atoms with E-state index in [2.05, 4.69) is 26.6 Å². The van der Waals surface area contributed by atoms with Crippen LogP contribution in [0.1, 0.15) is 18.4 Å². The number of rotatable bonds is 5. The van der Waals surface area contributed by atoms with E-state index >= 15 is 0 Å². The van der Waals surface area contributed by atoms with E-state index in [9.17, 15) is 13.6 Å². The van der Waals surface area contributed by atoms with Crippen molar-refractivity contribution < 1.29 is 18.3 Å². The lowest BCUT2D eigenvalue weighted by Gasteiger charge is -2.38. The molecule has 3 rings (SSSR count). The molecule has 1 heterocycles. The summed E-state index contributed by atoms with van der Waals surface area (Å²) in [6.07, 6.45) is 1.33. The Morgan fingerprint density at radius 3 is 2.46 bits per heavy atom. The molecule has 1 amide bonds. The molecular weight excluding hydrogens is 406 g/mol. The zero-order chi connectivity index (χ0) is 18.6. The number of amides is 1. The number of hydrogen-bond donors (Lipinski definition) is 2. The molecule has 138 valence electrons. The Morgan fingerprint density at radius 1 is 1.12 bits per heavy atom. The molecule has 1 aliphatic rings. The van der Waals surface area contributed by atoms with E-state index in [-0.39, 0.29) is 24.0 Å². The van der Waals surface area contributed by atoms with Crippen molar-refractivity contribution in [2.75, 3.05) is 25.1 Å². The van der Waals surface area contributed by atoms with Gasteiger partial charge in [-0.3, -0.25) is 10.1 Å². The van der Waals surface area contributed by atoms with Crippen molar-refractivity contribution in [3.8, 4) is 0 Å². The van der Waals surface area contributed by atoms with Crippen LogP contribution in [-0.4, -0.2) is 25.7 Å². The number of carbonyl (C=O) groups excluding carboxylic acids is 1. The topological polar surface area (TPSA) is 50.4 Å². The summed E-state index contributed by atoms with van der Waals surface area (Å²) in [5.74, 6) is -1.16. The largest absolute Gasteiger partial charge is 0.381 e. The van der Waals surface area contributed by atoms with Crippen molar-refractivity contribution in [1.29, 1.82) is 0 Å². The lowest BCUT2D eigenvalue weighted by molar-refractivity contribution is -0.116. The Bertz CT molecular complexity index is 778. The number of hydrogen-bond acceptors (Lipinski definition) is 3. The smallest absolute Gasteiger partial charge is 0.238 e. The van der Waals surface area contributed by atoms with E-state index in [0.29, 0.717) is 30.5 Å². The average molecular weight is 425 g/mol. The van der Waals surface area contributed by atoms with Crippen LogP contribution in [0.2, 0.25) is 0 Å². The van der Waals surface area contributed by atoms with E-state index < -0.39 is 11.4 Å². The minimum atomic E-state index is -0.507. The van der Waals surface area contributed by atoms with Gasteiger partial charge >= 0.3 is 0 Å². The molecule has 2 aromatic rings. The molecule has 7 heteroatoms. The van der Waals surface area contributed by atoms with Crippen LogP contribution in [0.5, 0.6) is 0 Å². The highest BCUT2D eigenvalue weighted by Crippen LogP contribution is 2.32. The number of halogens is 3. The van der Waals surface area contributed by atoms with Crippen LogP contribution >= 0.6 is 15.9 Å². The molecule has 0 aliphatic carbocycles. The molecule has 26 heavy (non-hydrogen) atoms. The molecule has 0 saturated carbocycles. The number of nitrogens with one attached hydrogen (secondary N) is 2. The molecule has 4 nitrogen and oxygen atoms in total. The van der Waals surface area contributed by atoms with Crippen LogP contribution in [0.25, 0.3) is 0 Å². The van der Waals surface area contributed by atoms with Gasteiger partial charge in [-0.2, -0.15) is 0 Å². The van der Waals surface area contributed by atoms with Gasteiger partial charge in [0.25, 0.3) is 0 Å². The molecule has 0 radical (unpaired) electrons. The van der Waals surface area contributed by atoms with Crippen molar-refractivity contribution in [2.45, 2.75) is 18.4 Å². The van der Waals surface area contributed by atoms with Crippen LogP contribution in [0.4, 0.5) is 14.5 Å². The number of anilines is 1. The summed E-state index contributed by atoms with van der Waals surface area (Å²) in [4.78, 5) is 12.3. The molecule has 1 aliphatic heterocycles. The first-order chi connectivity index (χ1) is 12.5. The van der Waals surface area contributed by atoms with Crippen LogP contribution in [0.3, 0.4) is 0 Å². The highest BCUT2D eigenvalue weighted by Gasteiger charge is 2.34. The first-order valence-electron chi connectivity index (χ1n) is 8.32. The Balaban J connectivity index is 1.69. The fourth-order valence-corrected chi connectivity index (χ4v) is 3.42. The Hall–Kier alpha value is -1.83. The molecule has 2 N–H and O–H groups in total. The van der Waals surface area contributed by atoms with E-state index in [4.69, 9.17) is 4.74 Å². The summed E-state index contributed by atoms with van der Waals surface area (Å²) in [5.41, 5.74) is 0.564. The van der Waals surface area contributed by atoms with Gasteiger partial charge in [-0.15, -0.1) is 0 Å². The van der Waals surface area contributed by atoms with E-state index in [1.165, 1.54) is 24.3 Å². The predicted octanol–water partition coefficient (Wildman–Crippen LogP) is 3.96. The Morgan fingerprint density at radius 2 is 1.81 bits per heavy atom. The van der Waals surface area contributed by atoms with Crippen LogP contribution in [0, 0.1) is 11.6 Å².